The van der Waals surface area contributed by atoms with Gasteiger partial charge in [-0.1, -0.05) is 6.92 Å². The van der Waals surface area contributed by atoms with Crippen LogP contribution in [0.2, 0.25) is 0 Å². The molecule has 1 N–H and O–H groups in total. The average Bonchev–Trinajstić information content (AvgIpc) is 2.28. The zero-order valence-electron chi connectivity index (χ0n) is 10.1. The number of pyridine rings is 1. The minimum atomic E-state index is -0.581. The summed E-state index contributed by atoms with van der Waals surface area (Å²) in [6, 6.07) is 1.45. The predicted octanol–water partition coefficient (Wildman–Crippen LogP) is 0.924. The SMILES string of the molecule is CCC1CC(=O)Oc2cc(C)[nH]c(=O)c2OC1=O. The molecule has 1 unspecified atom stereocenters. The molecular weight excluding hydrogens is 238 g/mol. The van der Waals surface area contributed by atoms with Gasteiger partial charge < -0.3 is 14.5 Å². The highest BCUT2D eigenvalue weighted by atomic mass is 16.6. The molecule has 1 aromatic rings. The summed E-state index contributed by atoms with van der Waals surface area (Å²) in [5, 5.41) is 0. The van der Waals surface area contributed by atoms with Crippen molar-refractivity contribution < 1.29 is 19.1 Å². The van der Waals surface area contributed by atoms with Crippen molar-refractivity contribution in [1.29, 1.82) is 0 Å². The van der Waals surface area contributed by atoms with Gasteiger partial charge in [0.05, 0.1) is 12.3 Å². The Morgan fingerprint density at radius 3 is 2.72 bits per heavy atom. The van der Waals surface area contributed by atoms with Crippen LogP contribution in [0.15, 0.2) is 10.9 Å². The largest absolute Gasteiger partial charge is 0.422 e. The number of carbonyl (C=O) groups is 2. The third-order valence-corrected chi connectivity index (χ3v) is 2.75. The number of aromatic amines is 1. The Morgan fingerprint density at radius 1 is 1.33 bits per heavy atom. The molecule has 0 spiro atoms. The van der Waals surface area contributed by atoms with Gasteiger partial charge in [-0.05, 0) is 13.3 Å². The van der Waals surface area contributed by atoms with E-state index in [0.29, 0.717) is 12.1 Å². The zero-order chi connectivity index (χ0) is 13.3. The van der Waals surface area contributed by atoms with Crippen LogP contribution in [0.1, 0.15) is 25.5 Å². The third kappa shape index (κ3) is 2.27. The molecule has 0 amide bonds. The van der Waals surface area contributed by atoms with Gasteiger partial charge in [-0.25, -0.2) is 0 Å². The van der Waals surface area contributed by atoms with E-state index in [1.807, 2.05) is 0 Å². The first-order valence-electron chi connectivity index (χ1n) is 5.67. The molecule has 6 heteroatoms. The average molecular weight is 251 g/mol. The van der Waals surface area contributed by atoms with E-state index in [4.69, 9.17) is 9.47 Å². The van der Waals surface area contributed by atoms with Gasteiger partial charge in [0.15, 0.2) is 5.75 Å². The lowest BCUT2D eigenvalue weighted by Crippen LogP contribution is -2.30. The Kier molecular flexibility index (Phi) is 3.18. The van der Waals surface area contributed by atoms with E-state index in [9.17, 15) is 14.4 Å². The number of carbonyl (C=O) groups excluding carboxylic acids is 2. The summed E-state index contributed by atoms with van der Waals surface area (Å²) in [7, 11) is 0. The minimum Gasteiger partial charge on any atom is -0.422 e. The Hall–Kier alpha value is -2.11. The number of esters is 2. The molecule has 0 bridgehead atoms. The summed E-state index contributed by atoms with van der Waals surface area (Å²) in [6.45, 7) is 3.41. The summed E-state index contributed by atoms with van der Waals surface area (Å²) >= 11 is 0. The molecule has 0 radical (unpaired) electrons. The summed E-state index contributed by atoms with van der Waals surface area (Å²) in [5.41, 5.74) is -0.0573. The first kappa shape index (κ1) is 12.3. The minimum absolute atomic E-state index is 0.0100. The molecule has 2 rings (SSSR count). The molecule has 0 saturated heterocycles. The van der Waals surface area contributed by atoms with Gasteiger partial charge in [-0.15, -0.1) is 0 Å². The fourth-order valence-electron chi connectivity index (χ4n) is 1.76. The van der Waals surface area contributed by atoms with Crippen molar-refractivity contribution in [1.82, 2.24) is 4.98 Å². The number of aryl methyl sites for hydroxylation is 1. The van der Waals surface area contributed by atoms with Crippen molar-refractivity contribution >= 4 is 11.9 Å². The fourth-order valence-corrected chi connectivity index (χ4v) is 1.76. The molecule has 1 aliphatic heterocycles. The summed E-state index contributed by atoms with van der Waals surface area (Å²) in [4.78, 5) is 37.5. The Balaban J connectivity index is 2.50. The van der Waals surface area contributed by atoms with Gasteiger partial charge in [-0.3, -0.25) is 14.4 Å². The lowest BCUT2D eigenvalue weighted by Gasteiger charge is -2.18. The molecule has 0 aliphatic carbocycles. The van der Waals surface area contributed by atoms with Crippen molar-refractivity contribution in [3.05, 3.63) is 22.1 Å². The number of hydrogen-bond donors (Lipinski definition) is 1. The van der Waals surface area contributed by atoms with E-state index in [1.165, 1.54) is 6.07 Å². The number of fused-ring (bicyclic) bond motifs is 1. The van der Waals surface area contributed by atoms with Crippen LogP contribution < -0.4 is 15.0 Å². The lowest BCUT2D eigenvalue weighted by molar-refractivity contribution is -0.147. The van der Waals surface area contributed by atoms with Crippen LogP contribution in [0.3, 0.4) is 0 Å². The molecule has 0 saturated carbocycles. The summed E-state index contributed by atoms with van der Waals surface area (Å²) < 4.78 is 10.1. The molecule has 6 nitrogen and oxygen atoms in total. The standard InChI is InChI=1S/C12H13NO5/c1-3-7-5-9(14)17-8-4-6(2)13-11(15)10(8)18-12(7)16/h4,7H,3,5H2,1-2H3,(H,13,15). The van der Waals surface area contributed by atoms with Crippen LogP contribution in [0.25, 0.3) is 0 Å². The maximum atomic E-state index is 11.8. The first-order valence-corrected chi connectivity index (χ1v) is 5.67. The summed E-state index contributed by atoms with van der Waals surface area (Å²) in [6.07, 6.45) is 0.410. The number of aromatic nitrogens is 1. The lowest BCUT2D eigenvalue weighted by atomic mass is 10.0. The van der Waals surface area contributed by atoms with E-state index < -0.39 is 23.4 Å². The van der Waals surface area contributed by atoms with Crippen molar-refractivity contribution in [2.45, 2.75) is 26.7 Å². The van der Waals surface area contributed by atoms with Gasteiger partial charge >= 0.3 is 11.9 Å². The van der Waals surface area contributed by atoms with E-state index in [-0.39, 0.29) is 17.9 Å². The van der Waals surface area contributed by atoms with Crippen molar-refractivity contribution in [3.8, 4) is 11.5 Å². The predicted molar refractivity (Wildman–Crippen MR) is 61.5 cm³/mol. The van der Waals surface area contributed by atoms with E-state index in [2.05, 4.69) is 4.98 Å². The van der Waals surface area contributed by atoms with E-state index in [1.54, 1.807) is 13.8 Å². The highest BCUT2D eigenvalue weighted by Gasteiger charge is 2.29. The van der Waals surface area contributed by atoms with Crippen LogP contribution >= 0.6 is 0 Å². The van der Waals surface area contributed by atoms with Crippen molar-refractivity contribution in [2.24, 2.45) is 5.92 Å². The number of ether oxygens (including phenoxy) is 2. The molecule has 96 valence electrons. The molecule has 0 fully saturated rings. The molecule has 2 heterocycles. The quantitative estimate of drug-likeness (QED) is 0.750. The normalized spacial score (nSPS) is 19.3. The summed E-state index contributed by atoms with van der Waals surface area (Å²) in [5.74, 6) is -1.96. The third-order valence-electron chi connectivity index (χ3n) is 2.75. The smallest absolute Gasteiger partial charge is 0.315 e. The maximum absolute atomic E-state index is 11.8. The highest BCUT2D eigenvalue weighted by Crippen LogP contribution is 2.28. The van der Waals surface area contributed by atoms with Crippen LogP contribution in [0, 0.1) is 12.8 Å². The van der Waals surface area contributed by atoms with Crippen LogP contribution in [-0.2, 0) is 9.59 Å². The van der Waals surface area contributed by atoms with Crippen LogP contribution in [-0.4, -0.2) is 16.9 Å². The molecule has 18 heavy (non-hydrogen) atoms. The number of nitrogens with one attached hydrogen (secondary N) is 1. The second-order valence-electron chi connectivity index (χ2n) is 4.18. The monoisotopic (exact) mass is 251 g/mol. The van der Waals surface area contributed by atoms with Crippen molar-refractivity contribution in [2.75, 3.05) is 0 Å². The first-order chi connectivity index (χ1) is 8.51. The van der Waals surface area contributed by atoms with Gasteiger partial charge in [0.1, 0.15) is 0 Å². The van der Waals surface area contributed by atoms with E-state index in [0.717, 1.165) is 0 Å². The van der Waals surface area contributed by atoms with Gasteiger partial charge in [0, 0.05) is 11.8 Å². The Labute approximate surface area is 103 Å². The molecule has 1 atom stereocenters. The van der Waals surface area contributed by atoms with Crippen LogP contribution in [0.5, 0.6) is 11.5 Å². The van der Waals surface area contributed by atoms with Gasteiger partial charge in [-0.2, -0.15) is 0 Å². The Morgan fingerprint density at radius 2 is 2.06 bits per heavy atom. The number of H-pyrrole nitrogens is 1. The number of hydrogen-bond acceptors (Lipinski definition) is 5. The van der Waals surface area contributed by atoms with Gasteiger partial charge in [0.2, 0.25) is 5.75 Å². The highest BCUT2D eigenvalue weighted by molar-refractivity contribution is 5.84. The van der Waals surface area contributed by atoms with Crippen LogP contribution in [0.4, 0.5) is 0 Å². The number of rotatable bonds is 1. The fraction of sp³-hybridized carbons (Fsp3) is 0.417. The molecule has 0 aromatic carbocycles. The topological polar surface area (TPSA) is 85.5 Å². The Bertz CT molecular complexity index is 560. The van der Waals surface area contributed by atoms with Gasteiger partial charge in [0.25, 0.3) is 5.56 Å². The van der Waals surface area contributed by atoms with E-state index >= 15 is 0 Å². The maximum Gasteiger partial charge on any atom is 0.315 e. The molecular formula is C12H13NO5. The van der Waals surface area contributed by atoms with Crippen molar-refractivity contribution in [3.63, 3.8) is 0 Å². The second kappa shape index (κ2) is 4.64. The second-order valence-corrected chi connectivity index (χ2v) is 4.18. The molecule has 1 aliphatic rings. The zero-order valence-corrected chi connectivity index (χ0v) is 10.1. The molecule has 1 aromatic heterocycles.